The summed E-state index contributed by atoms with van der Waals surface area (Å²) < 4.78 is 0. The quantitative estimate of drug-likeness (QED) is 0.638. The number of carbonyl (C=O) groups is 2. The molecule has 0 spiro atoms. The minimum atomic E-state index is -0.873. The number of nitrogen functional groups attached to an aromatic ring is 1. The van der Waals surface area contributed by atoms with Crippen molar-refractivity contribution < 1.29 is 14.7 Å². The average molecular weight is 321 g/mol. The Morgan fingerprint density at radius 1 is 1.35 bits per heavy atom. The molecule has 0 saturated carbocycles. The molecule has 0 heterocycles. The van der Waals surface area contributed by atoms with Gasteiger partial charge in [-0.05, 0) is 37.1 Å². The van der Waals surface area contributed by atoms with Crippen molar-refractivity contribution in [1.82, 2.24) is 4.90 Å². The number of rotatable bonds is 8. The van der Waals surface area contributed by atoms with Crippen LogP contribution in [0.3, 0.4) is 0 Å². The Kier molecular flexibility index (Phi) is 7.03. The molecule has 6 nitrogen and oxygen atoms in total. The first-order valence-corrected chi connectivity index (χ1v) is 7.87. The first kappa shape index (κ1) is 19.0. The molecule has 0 radical (unpaired) electrons. The molecule has 0 aliphatic carbocycles. The summed E-state index contributed by atoms with van der Waals surface area (Å²) in [6.07, 6.45) is 0.845. The van der Waals surface area contributed by atoms with Gasteiger partial charge in [-0.15, -0.1) is 0 Å². The number of carboxylic acids is 1. The molecule has 0 fully saturated rings. The van der Waals surface area contributed by atoms with E-state index >= 15 is 0 Å². The fraction of sp³-hybridized carbons (Fsp3) is 0.529. The second-order valence-electron chi connectivity index (χ2n) is 6.07. The van der Waals surface area contributed by atoms with E-state index in [2.05, 4.69) is 5.32 Å². The number of aryl methyl sites for hydroxylation is 1. The van der Waals surface area contributed by atoms with Crippen molar-refractivity contribution in [3.05, 3.63) is 23.8 Å². The van der Waals surface area contributed by atoms with Gasteiger partial charge in [-0.2, -0.15) is 0 Å². The van der Waals surface area contributed by atoms with Gasteiger partial charge in [-0.1, -0.05) is 26.8 Å². The highest BCUT2D eigenvalue weighted by molar-refractivity contribution is 5.95. The van der Waals surface area contributed by atoms with E-state index in [1.165, 1.54) is 0 Å². The summed E-state index contributed by atoms with van der Waals surface area (Å²) in [6.45, 7) is 6.23. The lowest BCUT2D eigenvalue weighted by Crippen LogP contribution is -2.46. The van der Waals surface area contributed by atoms with Gasteiger partial charge in [-0.25, -0.2) is 0 Å². The highest BCUT2D eigenvalue weighted by Gasteiger charge is 2.26. The van der Waals surface area contributed by atoms with Crippen molar-refractivity contribution in [1.29, 1.82) is 0 Å². The summed E-state index contributed by atoms with van der Waals surface area (Å²) in [4.78, 5) is 25.1. The summed E-state index contributed by atoms with van der Waals surface area (Å²) >= 11 is 0. The topological polar surface area (TPSA) is 95.7 Å². The van der Waals surface area contributed by atoms with Crippen molar-refractivity contribution in [3.8, 4) is 0 Å². The molecule has 4 N–H and O–H groups in total. The SMILES string of the molecule is CCc1ccc(NC(=O)C(C(C)C)N(C)CCC(=O)O)cc1N. The maximum atomic E-state index is 12.6. The molecule has 0 bridgehead atoms. The maximum Gasteiger partial charge on any atom is 0.304 e. The van der Waals surface area contributed by atoms with E-state index in [0.29, 0.717) is 17.9 Å². The number of aliphatic carboxylic acids is 1. The number of nitrogens with zero attached hydrogens (tertiary/aromatic N) is 1. The van der Waals surface area contributed by atoms with Gasteiger partial charge >= 0.3 is 5.97 Å². The van der Waals surface area contributed by atoms with Crippen molar-refractivity contribution in [3.63, 3.8) is 0 Å². The van der Waals surface area contributed by atoms with Crippen molar-refractivity contribution in [2.45, 2.75) is 39.7 Å². The Morgan fingerprint density at radius 2 is 2.00 bits per heavy atom. The van der Waals surface area contributed by atoms with Crippen LogP contribution in [0.2, 0.25) is 0 Å². The fourth-order valence-corrected chi connectivity index (χ4v) is 2.63. The lowest BCUT2D eigenvalue weighted by Gasteiger charge is -2.29. The maximum absolute atomic E-state index is 12.6. The van der Waals surface area contributed by atoms with Crippen LogP contribution in [0.4, 0.5) is 11.4 Å². The smallest absolute Gasteiger partial charge is 0.304 e. The summed E-state index contributed by atoms with van der Waals surface area (Å²) in [5.74, 6) is -0.972. The highest BCUT2D eigenvalue weighted by Crippen LogP contribution is 2.20. The van der Waals surface area contributed by atoms with E-state index < -0.39 is 12.0 Å². The fourth-order valence-electron chi connectivity index (χ4n) is 2.63. The number of anilines is 2. The number of benzene rings is 1. The summed E-state index contributed by atoms with van der Waals surface area (Å²) in [7, 11) is 1.77. The van der Waals surface area contributed by atoms with Gasteiger partial charge in [-0.3, -0.25) is 14.5 Å². The molecule has 6 heteroatoms. The number of nitrogens with one attached hydrogen (secondary N) is 1. The Labute approximate surface area is 137 Å². The Hall–Kier alpha value is -2.08. The van der Waals surface area contributed by atoms with Gasteiger partial charge in [0.25, 0.3) is 0 Å². The number of hydrogen-bond acceptors (Lipinski definition) is 4. The Morgan fingerprint density at radius 3 is 2.48 bits per heavy atom. The number of nitrogens with two attached hydrogens (primary N) is 1. The van der Waals surface area contributed by atoms with E-state index in [1.54, 1.807) is 18.0 Å². The van der Waals surface area contributed by atoms with E-state index in [9.17, 15) is 9.59 Å². The number of carboxylic acid groups (broad SMARTS) is 1. The third-order valence-electron chi connectivity index (χ3n) is 3.85. The zero-order valence-corrected chi connectivity index (χ0v) is 14.3. The average Bonchev–Trinajstić information content (AvgIpc) is 2.45. The van der Waals surface area contributed by atoms with Gasteiger partial charge in [0.15, 0.2) is 0 Å². The van der Waals surface area contributed by atoms with Gasteiger partial charge in [0.1, 0.15) is 0 Å². The lowest BCUT2D eigenvalue weighted by molar-refractivity contribution is -0.138. The number of amides is 1. The molecule has 1 aromatic rings. The second kappa shape index (κ2) is 8.53. The van der Waals surface area contributed by atoms with Crippen LogP contribution in [-0.2, 0) is 16.0 Å². The van der Waals surface area contributed by atoms with Crippen LogP contribution in [0.25, 0.3) is 0 Å². The van der Waals surface area contributed by atoms with E-state index in [0.717, 1.165) is 12.0 Å². The molecule has 0 aromatic heterocycles. The number of carbonyl (C=O) groups excluding carboxylic acids is 1. The van der Waals surface area contributed by atoms with Crippen LogP contribution in [0.5, 0.6) is 0 Å². The molecule has 1 unspecified atom stereocenters. The number of likely N-dealkylation sites (N-methyl/N-ethyl adjacent to an activating group) is 1. The second-order valence-corrected chi connectivity index (χ2v) is 6.07. The largest absolute Gasteiger partial charge is 0.481 e. The lowest BCUT2D eigenvalue weighted by atomic mass is 10.0. The molecule has 0 aliphatic rings. The molecule has 23 heavy (non-hydrogen) atoms. The molecular weight excluding hydrogens is 294 g/mol. The molecule has 1 rings (SSSR count). The van der Waals surface area contributed by atoms with E-state index in [1.807, 2.05) is 32.9 Å². The van der Waals surface area contributed by atoms with Crippen LogP contribution in [0.1, 0.15) is 32.8 Å². The van der Waals surface area contributed by atoms with Crippen LogP contribution in [-0.4, -0.2) is 41.5 Å². The van der Waals surface area contributed by atoms with Crippen LogP contribution in [0.15, 0.2) is 18.2 Å². The highest BCUT2D eigenvalue weighted by atomic mass is 16.4. The van der Waals surface area contributed by atoms with E-state index in [4.69, 9.17) is 10.8 Å². The summed E-state index contributed by atoms with van der Waals surface area (Å²) in [6, 6.07) is 5.10. The molecule has 1 amide bonds. The van der Waals surface area contributed by atoms with Crippen LogP contribution >= 0.6 is 0 Å². The molecule has 0 aliphatic heterocycles. The van der Waals surface area contributed by atoms with Crippen LogP contribution in [0, 0.1) is 5.92 Å². The van der Waals surface area contributed by atoms with Gasteiger partial charge in [0, 0.05) is 17.9 Å². The predicted octanol–water partition coefficient (Wildman–Crippen LogP) is 2.20. The molecule has 1 aromatic carbocycles. The molecule has 128 valence electrons. The Balaban J connectivity index is 2.82. The van der Waals surface area contributed by atoms with Crippen molar-refractivity contribution in [2.75, 3.05) is 24.6 Å². The third-order valence-corrected chi connectivity index (χ3v) is 3.85. The van der Waals surface area contributed by atoms with Crippen molar-refractivity contribution in [2.24, 2.45) is 5.92 Å². The predicted molar refractivity (Wildman–Crippen MR) is 92.4 cm³/mol. The minimum absolute atomic E-state index is 0.00510. The van der Waals surface area contributed by atoms with Gasteiger partial charge in [0.2, 0.25) is 5.91 Å². The monoisotopic (exact) mass is 321 g/mol. The van der Waals surface area contributed by atoms with Gasteiger partial charge < -0.3 is 16.2 Å². The molecule has 0 saturated heterocycles. The zero-order chi connectivity index (χ0) is 17.6. The third kappa shape index (κ3) is 5.56. The first-order chi connectivity index (χ1) is 10.8. The van der Waals surface area contributed by atoms with Crippen molar-refractivity contribution >= 4 is 23.3 Å². The molecular formula is C17H27N3O3. The van der Waals surface area contributed by atoms with Gasteiger partial charge in [0.05, 0.1) is 12.5 Å². The summed E-state index contributed by atoms with van der Waals surface area (Å²) in [5.41, 5.74) is 8.31. The normalized spacial score (nSPS) is 12.4. The first-order valence-electron chi connectivity index (χ1n) is 7.87. The summed E-state index contributed by atoms with van der Waals surface area (Å²) in [5, 5.41) is 11.7. The minimum Gasteiger partial charge on any atom is -0.481 e. The number of hydrogen-bond donors (Lipinski definition) is 3. The standard InChI is InChI=1S/C17H27N3O3/c1-5-12-6-7-13(10-14(12)18)19-17(23)16(11(2)3)20(4)9-8-15(21)22/h6-7,10-11,16H,5,8-9,18H2,1-4H3,(H,19,23)(H,21,22). The van der Waals surface area contributed by atoms with E-state index in [-0.39, 0.29) is 18.2 Å². The van der Waals surface area contributed by atoms with Crippen LogP contribution < -0.4 is 11.1 Å². The zero-order valence-electron chi connectivity index (χ0n) is 14.3. The Bertz CT molecular complexity index is 558. The molecule has 1 atom stereocenters.